The van der Waals surface area contributed by atoms with E-state index in [1.807, 2.05) is 13.8 Å². The quantitative estimate of drug-likeness (QED) is 0.861. The highest BCUT2D eigenvalue weighted by Crippen LogP contribution is 2.29. The van der Waals surface area contributed by atoms with Gasteiger partial charge < -0.3 is 10.6 Å². The Bertz CT molecular complexity index is 487. The third-order valence-electron chi connectivity index (χ3n) is 4.05. The molecular formula is C14H22N4S. The molecule has 2 heterocycles. The largest absolute Gasteiger partial charge is 0.389 e. The van der Waals surface area contributed by atoms with Crippen molar-refractivity contribution in [3.63, 3.8) is 0 Å². The average molecular weight is 278 g/mol. The van der Waals surface area contributed by atoms with Crippen LogP contribution >= 0.6 is 12.2 Å². The third kappa shape index (κ3) is 2.71. The molecule has 1 aromatic heterocycles. The summed E-state index contributed by atoms with van der Waals surface area (Å²) in [6.07, 6.45) is 4.81. The average Bonchev–Trinajstić information content (AvgIpc) is 2.41. The molecule has 1 saturated heterocycles. The second-order valence-corrected chi connectivity index (χ2v) is 5.66. The van der Waals surface area contributed by atoms with Crippen molar-refractivity contribution in [1.29, 1.82) is 0 Å². The predicted molar refractivity (Wildman–Crippen MR) is 82.7 cm³/mol. The summed E-state index contributed by atoms with van der Waals surface area (Å²) >= 11 is 5.22. The Hall–Kier alpha value is -1.23. The van der Waals surface area contributed by atoms with E-state index in [0.717, 1.165) is 35.6 Å². The molecule has 2 N–H and O–H groups in total. The van der Waals surface area contributed by atoms with Gasteiger partial charge in [-0.05, 0) is 45.1 Å². The molecule has 0 spiro atoms. The van der Waals surface area contributed by atoms with E-state index in [4.69, 9.17) is 18.0 Å². The number of aryl methyl sites for hydroxylation is 1. The van der Waals surface area contributed by atoms with Crippen molar-refractivity contribution in [2.24, 2.45) is 5.73 Å². The number of rotatable bonds is 3. The minimum absolute atomic E-state index is 0.422. The Labute approximate surface area is 120 Å². The summed E-state index contributed by atoms with van der Waals surface area (Å²) in [7, 11) is 0. The number of hydrogen-bond acceptors (Lipinski definition) is 4. The fourth-order valence-electron chi connectivity index (χ4n) is 2.80. The van der Waals surface area contributed by atoms with E-state index in [1.54, 1.807) is 0 Å². The molecule has 5 heteroatoms. The molecule has 1 aromatic rings. The van der Waals surface area contributed by atoms with Gasteiger partial charge >= 0.3 is 0 Å². The first kappa shape index (κ1) is 14.2. The van der Waals surface area contributed by atoms with Crippen molar-refractivity contribution >= 4 is 23.0 Å². The van der Waals surface area contributed by atoms with Gasteiger partial charge in [0.05, 0.1) is 11.3 Å². The van der Waals surface area contributed by atoms with E-state index in [-0.39, 0.29) is 0 Å². The van der Waals surface area contributed by atoms with Crippen molar-refractivity contribution in [3.05, 3.63) is 16.8 Å². The van der Waals surface area contributed by atoms with Gasteiger partial charge in [-0.2, -0.15) is 5.10 Å². The summed E-state index contributed by atoms with van der Waals surface area (Å²) in [6.45, 7) is 7.21. The van der Waals surface area contributed by atoms with Crippen molar-refractivity contribution in [2.45, 2.75) is 52.5 Å². The Balaban J connectivity index is 2.49. The topological polar surface area (TPSA) is 55.0 Å². The summed E-state index contributed by atoms with van der Waals surface area (Å²) in [5.74, 6) is 0.877. The molecule has 2 rings (SSSR count). The van der Waals surface area contributed by atoms with Gasteiger partial charge in [0.15, 0.2) is 5.82 Å². The number of nitrogens with zero attached hydrogens (tertiary/aromatic N) is 3. The highest BCUT2D eigenvalue weighted by Gasteiger charge is 2.26. The Morgan fingerprint density at radius 3 is 2.74 bits per heavy atom. The summed E-state index contributed by atoms with van der Waals surface area (Å²) in [6, 6.07) is 0.526. The van der Waals surface area contributed by atoms with Gasteiger partial charge in [-0.15, -0.1) is 5.10 Å². The molecule has 0 aromatic carbocycles. The van der Waals surface area contributed by atoms with Crippen LogP contribution in [0.2, 0.25) is 0 Å². The van der Waals surface area contributed by atoms with Crippen LogP contribution in [0.5, 0.6) is 0 Å². The minimum Gasteiger partial charge on any atom is -0.389 e. The van der Waals surface area contributed by atoms with Gasteiger partial charge in [0.1, 0.15) is 4.99 Å². The lowest BCUT2D eigenvalue weighted by Gasteiger charge is -2.37. The van der Waals surface area contributed by atoms with Crippen LogP contribution in [0.15, 0.2) is 0 Å². The molecule has 19 heavy (non-hydrogen) atoms. The number of nitrogens with two attached hydrogens (primary N) is 1. The molecule has 0 radical (unpaired) electrons. The molecule has 1 atom stereocenters. The van der Waals surface area contributed by atoms with Crippen molar-refractivity contribution in [3.8, 4) is 0 Å². The van der Waals surface area contributed by atoms with Crippen LogP contribution in [-0.4, -0.2) is 27.8 Å². The SMILES string of the molecule is CCC1CCCCN1c1nnc(C)c(C)c1C(N)=S. The lowest BCUT2D eigenvalue weighted by Crippen LogP contribution is -2.41. The molecule has 1 aliphatic rings. The van der Waals surface area contributed by atoms with Crippen molar-refractivity contribution in [1.82, 2.24) is 10.2 Å². The smallest absolute Gasteiger partial charge is 0.162 e. The van der Waals surface area contributed by atoms with Crippen LogP contribution in [0.1, 0.15) is 49.4 Å². The number of hydrogen-bond donors (Lipinski definition) is 1. The Kier molecular flexibility index (Phi) is 4.34. The van der Waals surface area contributed by atoms with Gasteiger partial charge in [0.2, 0.25) is 0 Å². The first-order valence-electron chi connectivity index (χ1n) is 6.96. The van der Waals surface area contributed by atoms with Gasteiger partial charge in [-0.1, -0.05) is 19.1 Å². The maximum Gasteiger partial charge on any atom is 0.162 e. The zero-order chi connectivity index (χ0) is 14.0. The van der Waals surface area contributed by atoms with Crippen LogP contribution < -0.4 is 10.6 Å². The van der Waals surface area contributed by atoms with Crippen LogP contribution in [0, 0.1) is 13.8 Å². The van der Waals surface area contributed by atoms with Crippen LogP contribution in [0.3, 0.4) is 0 Å². The number of aromatic nitrogens is 2. The van der Waals surface area contributed by atoms with Gasteiger partial charge in [0.25, 0.3) is 0 Å². The number of piperidine rings is 1. The van der Waals surface area contributed by atoms with Gasteiger partial charge in [0, 0.05) is 12.6 Å². The molecule has 0 bridgehead atoms. The lowest BCUT2D eigenvalue weighted by atomic mass is 9.98. The fourth-order valence-corrected chi connectivity index (χ4v) is 3.04. The van der Waals surface area contributed by atoms with E-state index in [0.29, 0.717) is 11.0 Å². The molecule has 0 amide bonds. The molecule has 0 saturated carbocycles. The van der Waals surface area contributed by atoms with E-state index in [9.17, 15) is 0 Å². The summed E-state index contributed by atoms with van der Waals surface area (Å²) < 4.78 is 0. The van der Waals surface area contributed by atoms with Crippen LogP contribution in [0.25, 0.3) is 0 Å². The van der Waals surface area contributed by atoms with Crippen LogP contribution in [-0.2, 0) is 0 Å². The molecule has 1 unspecified atom stereocenters. The highest BCUT2D eigenvalue weighted by molar-refractivity contribution is 7.80. The first-order valence-corrected chi connectivity index (χ1v) is 7.37. The van der Waals surface area contributed by atoms with Gasteiger partial charge in [-0.25, -0.2) is 0 Å². The summed E-state index contributed by atoms with van der Waals surface area (Å²) in [5.41, 5.74) is 8.77. The predicted octanol–water partition coefficient (Wildman–Crippen LogP) is 2.50. The summed E-state index contributed by atoms with van der Waals surface area (Å²) in [5, 5.41) is 8.65. The first-order chi connectivity index (χ1) is 9.06. The molecule has 104 valence electrons. The van der Waals surface area contributed by atoms with E-state index < -0.39 is 0 Å². The van der Waals surface area contributed by atoms with E-state index >= 15 is 0 Å². The summed E-state index contributed by atoms with van der Waals surface area (Å²) in [4.78, 5) is 2.77. The molecule has 1 fully saturated rings. The molecule has 1 aliphatic heterocycles. The number of thiocarbonyl (C=S) groups is 1. The third-order valence-corrected chi connectivity index (χ3v) is 4.26. The second-order valence-electron chi connectivity index (χ2n) is 5.22. The zero-order valence-electron chi connectivity index (χ0n) is 11.9. The van der Waals surface area contributed by atoms with Gasteiger partial charge in [-0.3, -0.25) is 0 Å². The molecule has 4 nitrogen and oxygen atoms in total. The number of anilines is 1. The normalized spacial score (nSPS) is 19.5. The monoisotopic (exact) mass is 278 g/mol. The standard InChI is InChI=1S/C14H22N4S/c1-4-11-7-5-6-8-18(11)14-12(13(15)19)9(2)10(3)16-17-14/h11H,4-8H2,1-3H3,(H2,15,19). The Morgan fingerprint density at radius 2 is 2.11 bits per heavy atom. The maximum absolute atomic E-state index is 5.91. The Morgan fingerprint density at radius 1 is 1.37 bits per heavy atom. The molecular weight excluding hydrogens is 256 g/mol. The van der Waals surface area contributed by atoms with Crippen molar-refractivity contribution < 1.29 is 0 Å². The van der Waals surface area contributed by atoms with E-state index in [2.05, 4.69) is 22.0 Å². The minimum atomic E-state index is 0.422. The fraction of sp³-hybridized carbons (Fsp3) is 0.643. The van der Waals surface area contributed by atoms with Crippen molar-refractivity contribution in [2.75, 3.05) is 11.4 Å². The molecule has 0 aliphatic carbocycles. The highest BCUT2D eigenvalue weighted by atomic mass is 32.1. The van der Waals surface area contributed by atoms with Crippen LogP contribution in [0.4, 0.5) is 5.82 Å². The van der Waals surface area contributed by atoms with E-state index in [1.165, 1.54) is 19.3 Å². The maximum atomic E-state index is 5.91. The second kappa shape index (κ2) is 5.82. The zero-order valence-corrected chi connectivity index (χ0v) is 12.8. The lowest BCUT2D eigenvalue weighted by molar-refractivity contribution is 0.445.